The van der Waals surface area contributed by atoms with Crippen LogP contribution in [-0.2, 0) is 20.8 Å². The first-order valence-corrected chi connectivity index (χ1v) is 14.5. The van der Waals surface area contributed by atoms with Crippen LogP contribution in [0.3, 0.4) is 0 Å². The van der Waals surface area contributed by atoms with Crippen LogP contribution in [0.25, 0.3) is 0 Å². The second kappa shape index (κ2) is 13.9. The van der Waals surface area contributed by atoms with Gasteiger partial charge in [-0.1, -0.05) is 106 Å². The smallest absolute Gasteiger partial charge is 0.272 e. The lowest BCUT2D eigenvalue weighted by Crippen LogP contribution is -2.51. The van der Waals surface area contributed by atoms with Crippen molar-refractivity contribution in [2.75, 3.05) is 11.4 Å². The average molecular weight is 553 g/mol. The van der Waals surface area contributed by atoms with Gasteiger partial charge in [-0.15, -0.1) is 0 Å². The number of nitrogens with one attached hydrogen (secondary N) is 1. The Balaban J connectivity index is 1.76. The van der Waals surface area contributed by atoms with Gasteiger partial charge in [0.1, 0.15) is 0 Å². The number of nitrogens with zero attached hydrogens (tertiary/aromatic N) is 2. The van der Waals surface area contributed by atoms with Gasteiger partial charge in [0.15, 0.2) is 0 Å². The summed E-state index contributed by atoms with van der Waals surface area (Å²) in [7, 11) is 0. The summed E-state index contributed by atoms with van der Waals surface area (Å²) in [6.07, 6.45) is 1.18. The minimum absolute atomic E-state index is 0.157. The number of carbonyl (C=O) groups excluding carboxylic acids is 3. The number of para-hydroxylation sites is 1. The van der Waals surface area contributed by atoms with Crippen molar-refractivity contribution in [1.29, 1.82) is 0 Å². The molecule has 0 bridgehead atoms. The van der Waals surface area contributed by atoms with Gasteiger partial charge in [-0.2, -0.15) is 0 Å². The first kappa shape index (κ1) is 29.7. The van der Waals surface area contributed by atoms with E-state index in [1.807, 2.05) is 106 Å². The molecular weight excluding hydrogens is 512 g/mol. The first-order chi connectivity index (χ1) is 19.8. The molecule has 3 aromatic rings. The molecule has 0 aromatic heterocycles. The summed E-state index contributed by atoms with van der Waals surface area (Å²) in [5.41, 5.74) is 9.91. The molecule has 3 N–H and O–H groups in total. The molecule has 3 atom stereocenters. The van der Waals surface area contributed by atoms with E-state index in [0.29, 0.717) is 31.5 Å². The molecule has 0 radical (unpaired) electrons. The van der Waals surface area contributed by atoms with Gasteiger partial charge in [0.05, 0.1) is 11.4 Å². The van der Waals surface area contributed by atoms with E-state index in [-0.39, 0.29) is 17.7 Å². The number of rotatable bonds is 12. The fourth-order valence-electron chi connectivity index (χ4n) is 5.52. The highest BCUT2D eigenvalue weighted by Gasteiger charge is 2.37. The number of primary amides is 1. The zero-order valence-corrected chi connectivity index (χ0v) is 24.1. The fourth-order valence-corrected chi connectivity index (χ4v) is 5.52. The topological polar surface area (TPSA) is 105 Å². The standard InChI is InChI=1S/C34H40N4O3/c1-4-13-26(31(35)39)28(22-23(2)3)33(40)37-32-34(41)38(21-20-24-14-7-5-8-15-24)29-19-12-11-18-27(29)30(36-32)25-16-9-6-10-17-25/h5-12,14-19,23,26,28,32H,4,13,20-22H2,1-3H3,(H2,35,39)(H,37,40)/t26-,28+,32?/m0/s1. The molecule has 4 rings (SSSR count). The summed E-state index contributed by atoms with van der Waals surface area (Å²) in [4.78, 5) is 47.1. The zero-order valence-electron chi connectivity index (χ0n) is 24.1. The molecule has 7 nitrogen and oxygen atoms in total. The Morgan fingerprint density at radius 3 is 2.20 bits per heavy atom. The van der Waals surface area contributed by atoms with Crippen LogP contribution in [-0.4, -0.2) is 36.1 Å². The lowest BCUT2D eigenvalue weighted by Gasteiger charge is -2.28. The maximum atomic E-state index is 14.2. The van der Waals surface area contributed by atoms with E-state index >= 15 is 0 Å². The Labute approximate surface area is 242 Å². The van der Waals surface area contributed by atoms with Gasteiger partial charge < -0.3 is 16.0 Å². The van der Waals surface area contributed by atoms with Crippen LogP contribution < -0.4 is 16.0 Å². The first-order valence-electron chi connectivity index (χ1n) is 14.5. The minimum Gasteiger partial charge on any atom is -0.369 e. The Bertz CT molecular complexity index is 1370. The number of amides is 3. The van der Waals surface area contributed by atoms with E-state index in [1.165, 1.54) is 0 Å². The summed E-state index contributed by atoms with van der Waals surface area (Å²) < 4.78 is 0. The molecule has 0 aliphatic carbocycles. The maximum absolute atomic E-state index is 14.2. The normalized spacial score (nSPS) is 16.4. The fraction of sp³-hybridized carbons (Fsp3) is 0.353. The van der Waals surface area contributed by atoms with Gasteiger partial charge in [0.2, 0.25) is 18.0 Å². The SMILES string of the molecule is CCC[C@H](C(N)=O)[C@@H](CC(C)C)C(=O)NC1N=C(c2ccccc2)c2ccccc2N(CCc2ccccc2)C1=O. The van der Waals surface area contributed by atoms with Crippen LogP contribution in [0.1, 0.15) is 56.7 Å². The Kier molecular flexibility index (Phi) is 10.1. The zero-order chi connectivity index (χ0) is 29.4. The molecular formula is C34H40N4O3. The van der Waals surface area contributed by atoms with Crippen molar-refractivity contribution in [3.63, 3.8) is 0 Å². The second-order valence-electron chi connectivity index (χ2n) is 11.0. The predicted octanol–water partition coefficient (Wildman–Crippen LogP) is 5.12. The van der Waals surface area contributed by atoms with E-state index in [0.717, 1.165) is 28.8 Å². The summed E-state index contributed by atoms with van der Waals surface area (Å²) in [5.74, 6) is -2.30. The number of anilines is 1. The second-order valence-corrected chi connectivity index (χ2v) is 11.0. The van der Waals surface area contributed by atoms with Gasteiger partial charge in [-0.25, -0.2) is 4.99 Å². The average Bonchev–Trinajstić information content (AvgIpc) is 3.08. The number of fused-ring (bicyclic) bond motifs is 1. The number of carbonyl (C=O) groups is 3. The minimum atomic E-state index is -1.16. The molecule has 0 spiro atoms. The molecule has 0 saturated heterocycles. The highest BCUT2D eigenvalue weighted by Crippen LogP contribution is 2.30. The summed E-state index contributed by atoms with van der Waals surface area (Å²) in [6, 6.07) is 27.4. The van der Waals surface area contributed by atoms with Gasteiger partial charge in [0, 0.05) is 29.5 Å². The molecule has 3 amide bonds. The molecule has 214 valence electrons. The molecule has 1 heterocycles. The van der Waals surface area contributed by atoms with Crippen molar-refractivity contribution in [2.24, 2.45) is 28.5 Å². The summed E-state index contributed by atoms with van der Waals surface area (Å²) >= 11 is 0. The van der Waals surface area contributed by atoms with Gasteiger partial charge in [-0.05, 0) is 36.8 Å². The van der Waals surface area contributed by atoms with Crippen molar-refractivity contribution in [3.8, 4) is 0 Å². The highest BCUT2D eigenvalue weighted by molar-refractivity contribution is 6.20. The molecule has 41 heavy (non-hydrogen) atoms. The molecule has 1 unspecified atom stereocenters. The molecule has 1 aliphatic heterocycles. The van der Waals surface area contributed by atoms with E-state index < -0.39 is 23.9 Å². The molecule has 0 saturated carbocycles. The Morgan fingerprint density at radius 1 is 0.927 bits per heavy atom. The Hall–Kier alpha value is -4.26. The monoisotopic (exact) mass is 552 g/mol. The van der Waals surface area contributed by atoms with Crippen molar-refractivity contribution < 1.29 is 14.4 Å². The van der Waals surface area contributed by atoms with Gasteiger partial charge >= 0.3 is 0 Å². The van der Waals surface area contributed by atoms with Crippen molar-refractivity contribution in [2.45, 2.75) is 52.6 Å². The number of benzene rings is 3. The summed E-state index contributed by atoms with van der Waals surface area (Å²) in [6.45, 7) is 6.40. The van der Waals surface area contributed by atoms with Crippen molar-refractivity contribution in [3.05, 3.63) is 102 Å². The predicted molar refractivity (Wildman–Crippen MR) is 163 cm³/mol. The van der Waals surface area contributed by atoms with Crippen LogP contribution in [0.5, 0.6) is 0 Å². The number of hydrogen-bond donors (Lipinski definition) is 2. The van der Waals surface area contributed by atoms with E-state index in [1.54, 1.807) is 4.90 Å². The lowest BCUT2D eigenvalue weighted by atomic mass is 9.81. The lowest BCUT2D eigenvalue weighted by molar-refractivity contribution is -0.136. The summed E-state index contributed by atoms with van der Waals surface area (Å²) in [5, 5.41) is 2.95. The largest absolute Gasteiger partial charge is 0.369 e. The van der Waals surface area contributed by atoms with Crippen LogP contribution in [0.2, 0.25) is 0 Å². The number of aliphatic imine (C=N–C) groups is 1. The maximum Gasteiger partial charge on any atom is 0.272 e. The molecule has 7 heteroatoms. The van der Waals surface area contributed by atoms with Gasteiger partial charge in [-0.3, -0.25) is 14.4 Å². The Morgan fingerprint density at radius 2 is 1.56 bits per heavy atom. The third-order valence-corrected chi connectivity index (χ3v) is 7.51. The van der Waals surface area contributed by atoms with Crippen LogP contribution in [0, 0.1) is 17.8 Å². The molecule has 3 aromatic carbocycles. The van der Waals surface area contributed by atoms with E-state index in [4.69, 9.17) is 10.7 Å². The van der Waals surface area contributed by atoms with Crippen molar-refractivity contribution >= 4 is 29.1 Å². The van der Waals surface area contributed by atoms with Crippen molar-refractivity contribution in [1.82, 2.24) is 5.32 Å². The van der Waals surface area contributed by atoms with E-state index in [2.05, 4.69) is 5.32 Å². The van der Waals surface area contributed by atoms with Crippen LogP contribution in [0.15, 0.2) is 89.9 Å². The molecule has 0 fully saturated rings. The number of benzodiazepines with no additional fused rings is 1. The third-order valence-electron chi connectivity index (χ3n) is 7.51. The van der Waals surface area contributed by atoms with Crippen LogP contribution in [0.4, 0.5) is 5.69 Å². The quantitative estimate of drug-likeness (QED) is 0.326. The van der Waals surface area contributed by atoms with Crippen LogP contribution >= 0.6 is 0 Å². The van der Waals surface area contributed by atoms with E-state index in [9.17, 15) is 14.4 Å². The number of nitrogens with two attached hydrogens (primary N) is 1. The molecule has 1 aliphatic rings. The third kappa shape index (κ3) is 7.28. The highest BCUT2D eigenvalue weighted by atomic mass is 16.2. The van der Waals surface area contributed by atoms with Gasteiger partial charge in [0.25, 0.3) is 5.91 Å². The number of hydrogen-bond acceptors (Lipinski definition) is 4.